The summed E-state index contributed by atoms with van der Waals surface area (Å²) in [5.74, 6) is 0.179. The van der Waals surface area contributed by atoms with E-state index in [0.717, 1.165) is 56.2 Å². The second-order valence-electron chi connectivity index (χ2n) is 8.39. The van der Waals surface area contributed by atoms with Crippen LogP contribution < -0.4 is 5.32 Å². The number of fused-ring (bicyclic) bond motifs is 1. The maximum atomic E-state index is 12.6. The number of ether oxygens (including phenoxy) is 1. The predicted molar refractivity (Wildman–Crippen MR) is 135 cm³/mol. The molecule has 1 aliphatic rings. The van der Waals surface area contributed by atoms with Crippen LogP contribution in [-0.4, -0.2) is 68.7 Å². The normalized spacial score (nSPS) is 14.5. The third-order valence-corrected chi connectivity index (χ3v) is 6.92. The molecule has 1 fully saturated rings. The monoisotopic (exact) mass is 476 g/mol. The molecule has 34 heavy (non-hydrogen) atoms. The second kappa shape index (κ2) is 10.4. The zero-order chi connectivity index (χ0) is 23.3. The van der Waals surface area contributed by atoms with Crippen molar-refractivity contribution in [3.8, 4) is 5.69 Å². The molecule has 1 aliphatic heterocycles. The first-order valence-corrected chi connectivity index (χ1v) is 12.4. The van der Waals surface area contributed by atoms with Gasteiger partial charge in [-0.1, -0.05) is 29.5 Å². The van der Waals surface area contributed by atoms with Gasteiger partial charge in [-0.3, -0.25) is 14.3 Å². The van der Waals surface area contributed by atoms with E-state index in [2.05, 4.69) is 43.3 Å². The average molecular weight is 477 g/mol. The largest absolute Gasteiger partial charge is 0.379 e. The Morgan fingerprint density at radius 2 is 1.91 bits per heavy atom. The number of hydrogen-bond acceptors (Lipinski definition) is 6. The number of nitrogens with one attached hydrogen (secondary N) is 1. The summed E-state index contributed by atoms with van der Waals surface area (Å²) < 4.78 is 9.59. The summed E-state index contributed by atoms with van der Waals surface area (Å²) in [6.07, 6.45) is 3.78. The van der Waals surface area contributed by atoms with Crippen molar-refractivity contribution < 1.29 is 9.53 Å². The van der Waals surface area contributed by atoms with E-state index >= 15 is 0 Å². The molecule has 2 aromatic heterocycles. The van der Waals surface area contributed by atoms with Crippen molar-refractivity contribution in [3.05, 3.63) is 66.6 Å². The van der Waals surface area contributed by atoms with Crippen molar-refractivity contribution in [2.24, 2.45) is 0 Å². The second-order valence-corrected chi connectivity index (χ2v) is 9.34. The van der Waals surface area contributed by atoms with Crippen LogP contribution >= 0.6 is 11.8 Å². The number of anilines is 1. The number of carbonyl (C=O) groups excluding carboxylic acids is 1. The number of nitrogens with zero attached hydrogens (tertiary/aromatic N) is 5. The molecular weight excluding hydrogens is 448 g/mol. The Morgan fingerprint density at radius 1 is 1.09 bits per heavy atom. The van der Waals surface area contributed by atoms with Crippen LogP contribution in [0.2, 0.25) is 0 Å². The lowest BCUT2D eigenvalue weighted by atomic mass is 10.2. The predicted octanol–water partition coefficient (Wildman–Crippen LogP) is 3.59. The maximum absolute atomic E-state index is 12.6. The van der Waals surface area contributed by atoms with Gasteiger partial charge in [-0.25, -0.2) is 0 Å². The molecule has 176 valence electrons. The Bertz CT molecular complexity index is 1260. The fourth-order valence-electron chi connectivity index (χ4n) is 4.08. The van der Waals surface area contributed by atoms with E-state index in [1.807, 2.05) is 47.9 Å². The highest BCUT2D eigenvalue weighted by molar-refractivity contribution is 7.99. The molecular formula is C25H28N6O2S. The Kier molecular flexibility index (Phi) is 6.94. The van der Waals surface area contributed by atoms with Crippen LogP contribution in [0.1, 0.15) is 5.56 Å². The molecule has 1 amide bonds. The smallest absolute Gasteiger partial charge is 0.234 e. The molecule has 0 radical (unpaired) electrons. The molecule has 1 N–H and O–H groups in total. The third-order valence-electron chi connectivity index (χ3n) is 5.98. The minimum absolute atomic E-state index is 0.0745. The highest BCUT2D eigenvalue weighted by Crippen LogP contribution is 2.23. The summed E-state index contributed by atoms with van der Waals surface area (Å²) in [6, 6.07) is 16.3. The summed E-state index contributed by atoms with van der Waals surface area (Å²) >= 11 is 1.37. The average Bonchev–Trinajstić information content (AvgIpc) is 3.49. The topological polar surface area (TPSA) is 77.2 Å². The molecule has 9 heteroatoms. The molecule has 2 aromatic carbocycles. The lowest BCUT2D eigenvalue weighted by Gasteiger charge is -2.26. The first kappa shape index (κ1) is 22.6. The van der Waals surface area contributed by atoms with Crippen molar-refractivity contribution in [1.82, 2.24) is 24.2 Å². The van der Waals surface area contributed by atoms with Gasteiger partial charge >= 0.3 is 0 Å². The number of thioether (sulfide) groups is 1. The van der Waals surface area contributed by atoms with Crippen LogP contribution in [0.3, 0.4) is 0 Å². The molecule has 0 saturated carbocycles. The van der Waals surface area contributed by atoms with Gasteiger partial charge in [0, 0.05) is 54.7 Å². The van der Waals surface area contributed by atoms with E-state index in [4.69, 9.17) is 4.74 Å². The summed E-state index contributed by atoms with van der Waals surface area (Å²) in [6.45, 7) is 7.62. The number of morpholine rings is 1. The van der Waals surface area contributed by atoms with Gasteiger partial charge in [-0.2, -0.15) is 0 Å². The zero-order valence-electron chi connectivity index (χ0n) is 19.2. The molecule has 1 saturated heterocycles. The number of aryl methyl sites for hydroxylation is 1. The van der Waals surface area contributed by atoms with Crippen LogP contribution in [-0.2, 0) is 16.1 Å². The Morgan fingerprint density at radius 3 is 2.74 bits per heavy atom. The van der Waals surface area contributed by atoms with E-state index in [-0.39, 0.29) is 11.7 Å². The lowest BCUT2D eigenvalue weighted by Crippen LogP contribution is -2.38. The number of amides is 1. The standard InChI is InChI=1S/C25H28N6O2S/c1-19-2-5-22(6-3-19)31-18-26-28-25(31)34-17-24(32)27-21-4-7-23-20(16-21)8-9-30(23)11-10-29-12-14-33-15-13-29/h2-9,16,18H,10-15,17H2,1H3,(H,27,32). The van der Waals surface area contributed by atoms with E-state index in [1.54, 1.807) is 6.33 Å². The van der Waals surface area contributed by atoms with Crippen LogP contribution in [0.4, 0.5) is 5.69 Å². The van der Waals surface area contributed by atoms with E-state index < -0.39 is 0 Å². The van der Waals surface area contributed by atoms with E-state index in [0.29, 0.717) is 5.16 Å². The van der Waals surface area contributed by atoms with Gasteiger partial charge in [0.15, 0.2) is 5.16 Å². The molecule has 0 atom stereocenters. The van der Waals surface area contributed by atoms with Crippen molar-refractivity contribution in [3.63, 3.8) is 0 Å². The molecule has 3 heterocycles. The third kappa shape index (κ3) is 5.32. The van der Waals surface area contributed by atoms with E-state index in [9.17, 15) is 4.79 Å². The molecule has 5 rings (SSSR count). The maximum Gasteiger partial charge on any atom is 0.234 e. The Balaban J connectivity index is 1.17. The summed E-state index contributed by atoms with van der Waals surface area (Å²) in [7, 11) is 0. The van der Waals surface area contributed by atoms with Crippen molar-refractivity contribution in [1.29, 1.82) is 0 Å². The van der Waals surface area contributed by atoms with Crippen molar-refractivity contribution >= 4 is 34.3 Å². The van der Waals surface area contributed by atoms with Gasteiger partial charge < -0.3 is 14.6 Å². The minimum atomic E-state index is -0.0745. The highest BCUT2D eigenvalue weighted by atomic mass is 32.2. The molecule has 0 unspecified atom stereocenters. The highest BCUT2D eigenvalue weighted by Gasteiger charge is 2.13. The van der Waals surface area contributed by atoms with Crippen LogP contribution in [0.5, 0.6) is 0 Å². The van der Waals surface area contributed by atoms with Gasteiger partial charge in [0.2, 0.25) is 5.91 Å². The quantitative estimate of drug-likeness (QED) is 0.392. The van der Waals surface area contributed by atoms with Crippen LogP contribution in [0.25, 0.3) is 16.6 Å². The van der Waals surface area contributed by atoms with Crippen molar-refractivity contribution in [2.75, 3.05) is 43.9 Å². The van der Waals surface area contributed by atoms with Crippen LogP contribution in [0.15, 0.2) is 66.2 Å². The lowest BCUT2D eigenvalue weighted by molar-refractivity contribution is -0.113. The van der Waals surface area contributed by atoms with Gasteiger partial charge in [0.1, 0.15) is 6.33 Å². The number of hydrogen-bond donors (Lipinski definition) is 1. The Labute approximate surface area is 202 Å². The molecule has 4 aromatic rings. The summed E-state index contributed by atoms with van der Waals surface area (Å²) in [4.78, 5) is 15.0. The zero-order valence-corrected chi connectivity index (χ0v) is 20.0. The molecule has 0 bridgehead atoms. The first-order chi connectivity index (χ1) is 16.7. The first-order valence-electron chi connectivity index (χ1n) is 11.4. The van der Waals surface area contributed by atoms with Crippen molar-refractivity contribution in [2.45, 2.75) is 18.6 Å². The van der Waals surface area contributed by atoms with Gasteiger partial charge in [0.05, 0.1) is 19.0 Å². The van der Waals surface area contributed by atoms with Crippen LogP contribution in [0, 0.1) is 6.92 Å². The SMILES string of the molecule is Cc1ccc(-n2cnnc2SCC(=O)Nc2ccc3c(ccn3CCN3CCOCC3)c2)cc1. The molecule has 8 nitrogen and oxygen atoms in total. The fraction of sp³-hybridized carbons (Fsp3) is 0.320. The fourth-order valence-corrected chi connectivity index (χ4v) is 4.81. The van der Waals surface area contributed by atoms with E-state index in [1.165, 1.54) is 22.8 Å². The molecule has 0 spiro atoms. The summed E-state index contributed by atoms with van der Waals surface area (Å²) in [5, 5.41) is 13.0. The number of aromatic nitrogens is 4. The number of rotatable bonds is 8. The summed E-state index contributed by atoms with van der Waals surface area (Å²) in [5.41, 5.74) is 4.13. The number of carbonyl (C=O) groups is 1. The number of benzene rings is 2. The minimum Gasteiger partial charge on any atom is -0.379 e. The Hall–Kier alpha value is -3.14. The van der Waals surface area contributed by atoms with Gasteiger partial charge in [-0.15, -0.1) is 10.2 Å². The van der Waals surface area contributed by atoms with Gasteiger partial charge in [0.25, 0.3) is 0 Å². The van der Waals surface area contributed by atoms with Gasteiger partial charge in [-0.05, 0) is 43.3 Å². The molecule has 0 aliphatic carbocycles.